The quantitative estimate of drug-likeness (QED) is 0.135. The summed E-state index contributed by atoms with van der Waals surface area (Å²) in [5, 5.41) is -0.0320. The van der Waals surface area contributed by atoms with Crippen molar-refractivity contribution in [1.82, 2.24) is 9.55 Å². The number of Topliss-reactive ketones (excluding diaryl/α,β-unsaturated/α-hetero) is 2. The normalized spacial score (nSPS) is 15.6. The molecular formula is C36H18F3N3O5. The largest absolute Gasteiger partial charge is 0.293 e. The Morgan fingerprint density at radius 3 is 2.02 bits per heavy atom. The van der Waals surface area contributed by atoms with Gasteiger partial charge >= 0.3 is 0 Å². The molecule has 0 radical (unpaired) electrons. The maximum atomic E-state index is 15.1. The van der Waals surface area contributed by atoms with Crippen LogP contribution in [0.1, 0.15) is 65.2 Å². The van der Waals surface area contributed by atoms with Crippen LogP contribution in [0, 0.1) is 17.5 Å². The van der Waals surface area contributed by atoms with Crippen LogP contribution < -0.4 is 10.5 Å². The third-order valence-electron chi connectivity index (χ3n) is 8.66. The minimum absolute atomic E-state index is 0.0320. The first-order chi connectivity index (χ1) is 22.7. The van der Waals surface area contributed by atoms with Crippen molar-refractivity contribution in [3.63, 3.8) is 0 Å². The number of imide groups is 1. The first kappa shape index (κ1) is 28.3. The lowest BCUT2D eigenvalue weighted by molar-refractivity contribution is 0.0881. The Morgan fingerprint density at radius 2 is 1.34 bits per heavy atom. The number of aromatic nitrogens is 2. The van der Waals surface area contributed by atoms with Gasteiger partial charge in [0.2, 0.25) is 0 Å². The second kappa shape index (κ2) is 10.1. The summed E-state index contributed by atoms with van der Waals surface area (Å²) in [5.74, 6) is -10.6. The summed E-state index contributed by atoms with van der Waals surface area (Å²) in [6.45, 7) is 0. The summed E-state index contributed by atoms with van der Waals surface area (Å²) in [5.41, 5.74) is -0.278. The standard InChI is InChI=1S/C36H18F3N3O5/c37-24-13-14-27(30(39)29(24)38)41-33(40-25-11-5-3-10-19(25)34(41)45)28-31(43)20-15-22-23(16-21(20)32(28)44)36(47)42(35(22)46)26-12-6-4-9-18(26)17-7-1-2-8-17/h1-7,9-16,28H,8H2. The SMILES string of the molecule is O=C1c2cc3c(cc2C(=O)C1c1nc2ccccc2c(=O)n1-c1ccc(F)c(F)c1F)C(=O)N(c1ccccc1C1=CC=CC1)C3=O. The monoisotopic (exact) mass is 629 g/mol. The molecule has 0 unspecified atom stereocenters. The second-order valence-corrected chi connectivity index (χ2v) is 11.2. The average Bonchev–Trinajstić information content (AvgIpc) is 3.76. The van der Waals surface area contributed by atoms with E-state index in [4.69, 9.17) is 0 Å². The molecule has 4 aromatic carbocycles. The second-order valence-electron chi connectivity index (χ2n) is 11.2. The van der Waals surface area contributed by atoms with Crippen LogP contribution in [0.2, 0.25) is 0 Å². The van der Waals surface area contributed by atoms with Crippen molar-refractivity contribution < 1.29 is 32.3 Å². The van der Waals surface area contributed by atoms with Gasteiger partial charge in [-0.15, -0.1) is 0 Å². The van der Waals surface area contributed by atoms with Crippen molar-refractivity contribution in [2.75, 3.05) is 4.90 Å². The molecule has 228 valence electrons. The van der Waals surface area contributed by atoms with Gasteiger partial charge < -0.3 is 0 Å². The van der Waals surface area contributed by atoms with Gasteiger partial charge in [-0.05, 0) is 54.5 Å². The van der Waals surface area contributed by atoms with Gasteiger partial charge in [-0.3, -0.25) is 28.5 Å². The number of anilines is 1. The summed E-state index contributed by atoms with van der Waals surface area (Å²) in [6.07, 6.45) is 6.31. The molecule has 2 heterocycles. The zero-order valence-corrected chi connectivity index (χ0v) is 24.0. The zero-order chi connectivity index (χ0) is 32.7. The van der Waals surface area contributed by atoms with Crippen molar-refractivity contribution in [3.05, 3.63) is 152 Å². The van der Waals surface area contributed by atoms with E-state index in [2.05, 4.69) is 4.98 Å². The van der Waals surface area contributed by atoms with E-state index in [0.29, 0.717) is 28.3 Å². The zero-order valence-electron chi connectivity index (χ0n) is 24.0. The van der Waals surface area contributed by atoms with Crippen LogP contribution in [0.15, 0.2) is 95.8 Å². The summed E-state index contributed by atoms with van der Waals surface area (Å²) in [6, 6.07) is 16.6. The van der Waals surface area contributed by atoms with Crippen LogP contribution in [0.4, 0.5) is 18.9 Å². The lowest BCUT2D eigenvalue weighted by Gasteiger charge is -2.19. The van der Waals surface area contributed by atoms with Crippen molar-refractivity contribution in [2.45, 2.75) is 12.3 Å². The van der Waals surface area contributed by atoms with E-state index in [9.17, 15) is 32.8 Å². The number of benzene rings is 4. The van der Waals surface area contributed by atoms with Gasteiger partial charge in [0, 0.05) is 16.7 Å². The van der Waals surface area contributed by atoms with Gasteiger partial charge in [-0.1, -0.05) is 48.6 Å². The minimum Gasteiger partial charge on any atom is -0.293 e. The molecule has 1 aliphatic heterocycles. The first-order valence-electron chi connectivity index (χ1n) is 14.4. The molecule has 0 saturated heterocycles. The third-order valence-corrected chi connectivity index (χ3v) is 8.66. The predicted molar refractivity (Wildman–Crippen MR) is 164 cm³/mol. The maximum Gasteiger partial charge on any atom is 0.266 e. The number of carbonyl (C=O) groups is 4. The van der Waals surface area contributed by atoms with E-state index in [1.54, 1.807) is 30.3 Å². The molecule has 11 heteroatoms. The van der Waals surface area contributed by atoms with Crippen LogP contribution in [-0.2, 0) is 0 Å². The Morgan fingerprint density at radius 1 is 0.681 bits per heavy atom. The molecule has 3 aliphatic rings. The van der Waals surface area contributed by atoms with Crippen LogP contribution in [0.5, 0.6) is 0 Å². The molecular weight excluding hydrogens is 611 g/mol. The van der Waals surface area contributed by atoms with Gasteiger partial charge in [0.15, 0.2) is 29.0 Å². The van der Waals surface area contributed by atoms with Gasteiger partial charge in [0.25, 0.3) is 17.4 Å². The molecule has 0 N–H and O–H groups in total. The van der Waals surface area contributed by atoms with Crippen LogP contribution in [0.25, 0.3) is 22.2 Å². The van der Waals surface area contributed by atoms with E-state index in [0.717, 1.165) is 16.5 Å². The predicted octanol–water partition coefficient (Wildman–Crippen LogP) is 6.11. The molecule has 8 rings (SSSR count). The summed E-state index contributed by atoms with van der Waals surface area (Å²) < 4.78 is 44.0. The lowest BCUT2D eigenvalue weighted by Crippen LogP contribution is -2.30. The van der Waals surface area contributed by atoms with Crippen molar-refractivity contribution in [1.29, 1.82) is 0 Å². The number of carbonyl (C=O) groups excluding carboxylic acids is 4. The number of fused-ring (bicyclic) bond motifs is 3. The van der Waals surface area contributed by atoms with Gasteiger partial charge in [0.1, 0.15) is 11.7 Å². The maximum absolute atomic E-state index is 15.1. The molecule has 2 aliphatic carbocycles. The fourth-order valence-electron chi connectivity index (χ4n) is 6.43. The van der Waals surface area contributed by atoms with Crippen LogP contribution in [-0.4, -0.2) is 32.9 Å². The van der Waals surface area contributed by atoms with E-state index >= 15 is 4.39 Å². The molecule has 2 amide bonds. The van der Waals surface area contributed by atoms with E-state index in [1.165, 1.54) is 30.3 Å². The Kier molecular flexibility index (Phi) is 6.10. The van der Waals surface area contributed by atoms with Gasteiger partial charge in [-0.2, -0.15) is 0 Å². The number of para-hydroxylation sites is 2. The highest BCUT2D eigenvalue weighted by atomic mass is 19.2. The first-order valence-corrected chi connectivity index (χ1v) is 14.4. The summed E-state index contributed by atoms with van der Waals surface area (Å²) >= 11 is 0. The van der Waals surface area contributed by atoms with E-state index in [-0.39, 0.29) is 33.2 Å². The highest BCUT2D eigenvalue weighted by molar-refractivity contribution is 6.37. The Labute approximate surface area is 262 Å². The van der Waals surface area contributed by atoms with E-state index < -0.39 is 63.8 Å². The smallest absolute Gasteiger partial charge is 0.266 e. The van der Waals surface area contributed by atoms with Crippen molar-refractivity contribution in [3.8, 4) is 5.69 Å². The topological polar surface area (TPSA) is 106 Å². The molecule has 0 atom stereocenters. The Hall–Kier alpha value is -6.23. The number of ketones is 2. The van der Waals surface area contributed by atoms with Crippen molar-refractivity contribution >= 4 is 45.5 Å². The van der Waals surface area contributed by atoms with Gasteiger partial charge in [0.05, 0.1) is 33.4 Å². The Balaban J connectivity index is 1.26. The molecule has 0 bridgehead atoms. The number of hydrogen-bond donors (Lipinski definition) is 0. The van der Waals surface area contributed by atoms with E-state index in [1.807, 2.05) is 18.2 Å². The molecule has 0 spiro atoms. The summed E-state index contributed by atoms with van der Waals surface area (Å²) in [4.78, 5) is 74.5. The van der Waals surface area contributed by atoms with Crippen molar-refractivity contribution in [2.24, 2.45) is 0 Å². The highest BCUT2D eigenvalue weighted by Crippen LogP contribution is 2.41. The fraction of sp³-hybridized carbons (Fsp3) is 0.0556. The highest BCUT2D eigenvalue weighted by Gasteiger charge is 2.47. The lowest BCUT2D eigenvalue weighted by atomic mass is 10.0. The number of hydrogen-bond acceptors (Lipinski definition) is 6. The molecule has 47 heavy (non-hydrogen) atoms. The summed E-state index contributed by atoms with van der Waals surface area (Å²) in [7, 11) is 0. The molecule has 8 nitrogen and oxygen atoms in total. The molecule has 1 aromatic heterocycles. The van der Waals surface area contributed by atoms with Crippen LogP contribution >= 0.6 is 0 Å². The molecule has 5 aromatic rings. The number of allylic oxidation sites excluding steroid dienone is 4. The number of amides is 2. The minimum atomic E-state index is -1.86. The Bertz CT molecular complexity index is 2390. The average molecular weight is 630 g/mol. The van der Waals surface area contributed by atoms with Gasteiger partial charge in [-0.25, -0.2) is 23.1 Å². The molecule has 0 fully saturated rings. The number of nitrogens with zero attached hydrogens (tertiary/aromatic N) is 3. The number of rotatable bonds is 4. The van der Waals surface area contributed by atoms with Crippen LogP contribution in [0.3, 0.4) is 0 Å². The third kappa shape index (κ3) is 3.96. The fourth-order valence-corrected chi connectivity index (χ4v) is 6.43. The molecule has 0 saturated carbocycles. The number of halogens is 3.